The van der Waals surface area contributed by atoms with Crippen LogP contribution in [-0.4, -0.2) is 50.9 Å². The summed E-state index contributed by atoms with van der Waals surface area (Å²) in [7, 11) is 3.83. The molecule has 114 valence electrons. The van der Waals surface area contributed by atoms with E-state index < -0.39 is 0 Å². The van der Waals surface area contributed by atoms with Crippen molar-refractivity contribution < 1.29 is 9.47 Å². The van der Waals surface area contributed by atoms with Crippen molar-refractivity contribution in [1.82, 2.24) is 4.90 Å². The summed E-state index contributed by atoms with van der Waals surface area (Å²) in [6, 6.07) is 8.57. The Morgan fingerprint density at radius 3 is 2.60 bits per heavy atom. The van der Waals surface area contributed by atoms with Gasteiger partial charge in [0, 0.05) is 25.7 Å². The molecule has 2 atom stereocenters. The number of methoxy groups -OCH3 is 1. The minimum atomic E-state index is 0.102. The Labute approximate surface area is 122 Å². The van der Waals surface area contributed by atoms with Crippen LogP contribution in [0.15, 0.2) is 24.3 Å². The van der Waals surface area contributed by atoms with Crippen LogP contribution in [0.5, 0.6) is 5.75 Å². The molecule has 2 unspecified atom stereocenters. The van der Waals surface area contributed by atoms with Crippen molar-refractivity contribution in [2.75, 3.05) is 33.9 Å². The van der Waals surface area contributed by atoms with Crippen molar-refractivity contribution in [2.24, 2.45) is 5.73 Å². The van der Waals surface area contributed by atoms with Crippen LogP contribution in [0.4, 0.5) is 0 Å². The number of hydrogen-bond donors (Lipinski definition) is 1. The molecule has 0 heterocycles. The summed E-state index contributed by atoms with van der Waals surface area (Å²) in [6.45, 7) is 6.32. The highest BCUT2D eigenvalue weighted by molar-refractivity contribution is 5.33. The number of nitrogens with zero attached hydrogens (tertiary/aromatic N) is 1. The molecule has 1 aromatic rings. The van der Waals surface area contributed by atoms with E-state index in [4.69, 9.17) is 15.2 Å². The quantitative estimate of drug-likeness (QED) is 0.751. The van der Waals surface area contributed by atoms with Crippen LogP contribution in [0.1, 0.15) is 19.4 Å². The highest BCUT2D eigenvalue weighted by Gasteiger charge is 2.16. The van der Waals surface area contributed by atoms with Gasteiger partial charge in [0.2, 0.25) is 0 Å². The van der Waals surface area contributed by atoms with Crippen molar-refractivity contribution in [3.63, 3.8) is 0 Å². The van der Waals surface area contributed by atoms with Gasteiger partial charge in [-0.2, -0.15) is 0 Å². The number of nitrogens with two attached hydrogens (primary N) is 1. The Balaban J connectivity index is 2.58. The smallest absolute Gasteiger partial charge is 0.122 e. The molecule has 0 aliphatic carbocycles. The monoisotopic (exact) mass is 280 g/mol. The zero-order chi connectivity index (χ0) is 15.0. The van der Waals surface area contributed by atoms with Crippen LogP contribution in [-0.2, 0) is 11.2 Å². The SMILES string of the molecule is CCOC(CN)CN(C)C(C)Cc1ccccc1OC. The standard InChI is InChI=1S/C16H28N2O2/c1-5-20-15(11-17)12-18(3)13(2)10-14-8-6-7-9-16(14)19-4/h6-9,13,15H,5,10-12,17H2,1-4H3. The van der Waals surface area contributed by atoms with Crippen molar-refractivity contribution in [3.8, 4) is 5.75 Å². The summed E-state index contributed by atoms with van der Waals surface area (Å²) < 4.78 is 11.0. The van der Waals surface area contributed by atoms with Gasteiger partial charge in [0.25, 0.3) is 0 Å². The third kappa shape index (κ3) is 5.12. The molecule has 0 radical (unpaired) electrons. The van der Waals surface area contributed by atoms with Gasteiger partial charge >= 0.3 is 0 Å². The zero-order valence-electron chi connectivity index (χ0n) is 13.1. The van der Waals surface area contributed by atoms with Gasteiger partial charge in [0.05, 0.1) is 13.2 Å². The molecule has 4 nitrogen and oxygen atoms in total. The first-order valence-corrected chi connectivity index (χ1v) is 7.26. The normalized spacial score (nSPS) is 14.3. The molecule has 0 aromatic heterocycles. The Morgan fingerprint density at radius 2 is 2.00 bits per heavy atom. The summed E-state index contributed by atoms with van der Waals surface area (Å²) in [5.41, 5.74) is 6.97. The molecule has 2 N–H and O–H groups in total. The average Bonchev–Trinajstić information content (AvgIpc) is 2.47. The predicted molar refractivity (Wildman–Crippen MR) is 83.3 cm³/mol. The summed E-state index contributed by atoms with van der Waals surface area (Å²) in [5.74, 6) is 0.952. The number of para-hydroxylation sites is 1. The van der Waals surface area contributed by atoms with Crippen molar-refractivity contribution in [1.29, 1.82) is 0 Å². The van der Waals surface area contributed by atoms with Crippen LogP contribution in [0, 0.1) is 0 Å². The maximum absolute atomic E-state index is 5.73. The Hall–Kier alpha value is -1.10. The molecule has 0 bridgehead atoms. The van der Waals surface area contributed by atoms with Crippen LogP contribution < -0.4 is 10.5 Å². The molecule has 0 amide bonds. The van der Waals surface area contributed by atoms with Gasteiger partial charge in [-0.05, 0) is 38.9 Å². The van der Waals surface area contributed by atoms with Gasteiger partial charge in [-0.1, -0.05) is 18.2 Å². The van der Waals surface area contributed by atoms with E-state index in [0.717, 1.165) is 18.7 Å². The second-order valence-electron chi connectivity index (χ2n) is 5.12. The maximum Gasteiger partial charge on any atom is 0.122 e. The van der Waals surface area contributed by atoms with E-state index in [2.05, 4.69) is 24.9 Å². The minimum Gasteiger partial charge on any atom is -0.496 e. The summed E-state index contributed by atoms with van der Waals surface area (Å²) in [4.78, 5) is 2.29. The van der Waals surface area contributed by atoms with Crippen LogP contribution >= 0.6 is 0 Å². The van der Waals surface area contributed by atoms with E-state index in [1.807, 2.05) is 25.1 Å². The Kier molecular flexibility index (Phi) is 7.59. The van der Waals surface area contributed by atoms with Gasteiger partial charge in [-0.25, -0.2) is 0 Å². The Bertz CT molecular complexity index is 384. The predicted octanol–water partition coefficient (Wildman–Crippen LogP) is 1.92. The number of likely N-dealkylation sites (N-methyl/N-ethyl adjacent to an activating group) is 1. The highest BCUT2D eigenvalue weighted by atomic mass is 16.5. The van der Waals surface area contributed by atoms with E-state index in [0.29, 0.717) is 19.2 Å². The van der Waals surface area contributed by atoms with E-state index in [1.54, 1.807) is 7.11 Å². The first-order valence-electron chi connectivity index (χ1n) is 7.26. The van der Waals surface area contributed by atoms with Crippen molar-refractivity contribution in [3.05, 3.63) is 29.8 Å². The molecule has 20 heavy (non-hydrogen) atoms. The first kappa shape index (κ1) is 17.0. The van der Waals surface area contributed by atoms with E-state index in [1.165, 1.54) is 5.56 Å². The van der Waals surface area contributed by atoms with Gasteiger partial charge in [-0.3, -0.25) is 0 Å². The van der Waals surface area contributed by atoms with Crippen LogP contribution in [0.2, 0.25) is 0 Å². The third-order valence-electron chi connectivity index (χ3n) is 3.62. The number of rotatable bonds is 9. The van der Waals surface area contributed by atoms with E-state index >= 15 is 0 Å². The van der Waals surface area contributed by atoms with Crippen molar-refractivity contribution >= 4 is 0 Å². The topological polar surface area (TPSA) is 47.7 Å². The first-order chi connectivity index (χ1) is 9.62. The fourth-order valence-electron chi connectivity index (χ4n) is 2.28. The fraction of sp³-hybridized carbons (Fsp3) is 0.625. The van der Waals surface area contributed by atoms with Gasteiger partial charge < -0.3 is 20.1 Å². The molecular weight excluding hydrogens is 252 g/mol. The molecule has 4 heteroatoms. The zero-order valence-corrected chi connectivity index (χ0v) is 13.1. The molecule has 1 aromatic carbocycles. The van der Waals surface area contributed by atoms with Gasteiger partial charge in [0.15, 0.2) is 0 Å². The third-order valence-corrected chi connectivity index (χ3v) is 3.62. The highest BCUT2D eigenvalue weighted by Crippen LogP contribution is 2.20. The molecule has 0 fully saturated rings. The molecular formula is C16H28N2O2. The van der Waals surface area contributed by atoms with Crippen molar-refractivity contribution in [2.45, 2.75) is 32.4 Å². The number of ether oxygens (including phenoxy) is 2. The Morgan fingerprint density at radius 1 is 1.30 bits per heavy atom. The molecule has 0 saturated heterocycles. The minimum absolute atomic E-state index is 0.102. The lowest BCUT2D eigenvalue weighted by atomic mass is 10.0. The molecule has 0 aliphatic heterocycles. The largest absolute Gasteiger partial charge is 0.496 e. The number of hydrogen-bond acceptors (Lipinski definition) is 4. The average molecular weight is 280 g/mol. The van der Waals surface area contributed by atoms with Gasteiger partial charge in [-0.15, -0.1) is 0 Å². The van der Waals surface area contributed by atoms with Crippen LogP contribution in [0.25, 0.3) is 0 Å². The lowest BCUT2D eigenvalue weighted by molar-refractivity contribution is 0.0372. The molecule has 0 aliphatic rings. The number of benzene rings is 1. The van der Waals surface area contributed by atoms with Crippen LogP contribution in [0.3, 0.4) is 0 Å². The second kappa shape index (κ2) is 8.95. The lowest BCUT2D eigenvalue weighted by Crippen LogP contribution is -2.41. The van der Waals surface area contributed by atoms with Gasteiger partial charge in [0.1, 0.15) is 5.75 Å². The maximum atomic E-state index is 5.73. The fourth-order valence-corrected chi connectivity index (χ4v) is 2.28. The summed E-state index contributed by atoms with van der Waals surface area (Å²) >= 11 is 0. The lowest BCUT2D eigenvalue weighted by Gasteiger charge is -2.28. The molecule has 0 saturated carbocycles. The second-order valence-corrected chi connectivity index (χ2v) is 5.12. The summed E-state index contributed by atoms with van der Waals surface area (Å²) in [6.07, 6.45) is 1.05. The molecule has 0 spiro atoms. The molecule has 1 rings (SSSR count). The summed E-state index contributed by atoms with van der Waals surface area (Å²) in [5, 5.41) is 0. The van der Waals surface area contributed by atoms with E-state index in [-0.39, 0.29) is 6.10 Å². The van der Waals surface area contributed by atoms with E-state index in [9.17, 15) is 0 Å².